The molecule has 0 aromatic carbocycles. The van der Waals surface area contributed by atoms with Crippen LogP contribution in [0.3, 0.4) is 0 Å². The molecule has 7 heteroatoms. The summed E-state index contributed by atoms with van der Waals surface area (Å²) in [6.07, 6.45) is 0.508. The third-order valence-electron chi connectivity index (χ3n) is 4.68. The quantitative estimate of drug-likeness (QED) is 0.749. The third-order valence-corrected chi connectivity index (χ3v) is 4.68. The summed E-state index contributed by atoms with van der Waals surface area (Å²) in [5.74, 6) is 0.221. The standard InChI is InChI=1S/C18H29F2N3O2/c1-5-6-7-14-9-22(10-16(25-14)12(2)3)17(24)11-23-13(4)8-15(21-23)18(19)20/h8,12,14,16,18H,5-7,9-11H2,1-4H3/t14-,16-/m1/s1. The molecule has 0 aliphatic carbocycles. The predicted octanol–water partition coefficient (Wildman–Crippen LogP) is 3.57. The van der Waals surface area contributed by atoms with E-state index in [0.29, 0.717) is 24.7 Å². The van der Waals surface area contributed by atoms with Crippen LogP contribution >= 0.6 is 0 Å². The molecule has 1 amide bonds. The fourth-order valence-electron chi connectivity index (χ4n) is 3.06. The monoisotopic (exact) mass is 357 g/mol. The number of unbranched alkanes of at least 4 members (excludes halogenated alkanes) is 1. The lowest BCUT2D eigenvalue weighted by Gasteiger charge is -2.40. The summed E-state index contributed by atoms with van der Waals surface area (Å²) < 4.78 is 33.0. The zero-order valence-corrected chi connectivity index (χ0v) is 15.5. The maximum absolute atomic E-state index is 12.8. The third kappa shape index (κ3) is 5.23. The van der Waals surface area contributed by atoms with Gasteiger partial charge in [-0.05, 0) is 25.3 Å². The van der Waals surface area contributed by atoms with Crippen molar-refractivity contribution in [2.45, 2.75) is 72.1 Å². The number of carbonyl (C=O) groups excluding carboxylic acids is 1. The number of morpholine rings is 1. The van der Waals surface area contributed by atoms with Crippen molar-refractivity contribution in [2.24, 2.45) is 5.92 Å². The second-order valence-corrected chi connectivity index (χ2v) is 7.15. The molecule has 2 atom stereocenters. The van der Waals surface area contributed by atoms with Gasteiger partial charge in [-0.25, -0.2) is 8.78 Å². The summed E-state index contributed by atoms with van der Waals surface area (Å²) in [6.45, 7) is 9.08. The highest BCUT2D eigenvalue weighted by Gasteiger charge is 2.32. The van der Waals surface area contributed by atoms with Gasteiger partial charge in [0.15, 0.2) is 0 Å². The number of halogens is 2. The lowest BCUT2D eigenvalue weighted by molar-refractivity contribution is -0.150. The number of aromatic nitrogens is 2. The van der Waals surface area contributed by atoms with Crippen molar-refractivity contribution < 1.29 is 18.3 Å². The Morgan fingerprint density at radius 1 is 1.40 bits per heavy atom. The molecule has 1 aliphatic rings. The van der Waals surface area contributed by atoms with Crippen LogP contribution in [0.25, 0.3) is 0 Å². The number of aryl methyl sites for hydroxylation is 1. The van der Waals surface area contributed by atoms with Crippen LogP contribution in [0.4, 0.5) is 8.78 Å². The number of hydrogen-bond donors (Lipinski definition) is 0. The van der Waals surface area contributed by atoms with E-state index in [-0.39, 0.29) is 30.4 Å². The van der Waals surface area contributed by atoms with Gasteiger partial charge in [0.25, 0.3) is 6.43 Å². The molecule has 1 aliphatic heterocycles. The molecule has 0 N–H and O–H groups in total. The highest BCUT2D eigenvalue weighted by atomic mass is 19.3. The Hall–Kier alpha value is -1.50. The van der Waals surface area contributed by atoms with Gasteiger partial charge >= 0.3 is 0 Å². The Labute approximate surface area is 148 Å². The van der Waals surface area contributed by atoms with Gasteiger partial charge in [0.1, 0.15) is 12.2 Å². The summed E-state index contributed by atoms with van der Waals surface area (Å²) in [5, 5.41) is 3.85. The molecule has 0 radical (unpaired) electrons. The molecule has 0 saturated carbocycles. The predicted molar refractivity (Wildman–Crippen MR) is 91.5 cm³/mol. The Morgan fingerprint density at radius 3 is 2.68 bits per heavy atom. The Bertz CT molecular complexity index is 575. The van der Waals surface area contributed by atoms with E-state index < -0.39 is 6.43 Å². The van der Waals surface area contributed by atoms with Gasteiger partial charge in [-0.1, -0.05) is 33.6 Å². The largest absolute Gasteiger partial charge is 0.371 e. The second-order valence-electron chi connectivity index (χ2n) is 7.15. The van der Waals surface area contributed by atoms with Gasteiger partial charge in [-0.2, -0.15) is 5.10 Å². The molecule has 25 heavy (non-hydrogen) atoms. The first-order valence-electron chi connectivity index (χ1n) is 9.07. The van der Waals surface area contributed by atoms with Crippen LogP contribution in [-0.2, 0) is 16.1 Å². The minimum atomic E-state index is -2.62. The molecule has 5 nitrogen and oxygen atoms in total. The van der Waals surface area contributed by atoms with Gasteiger partial charge in [-0.15, -0.1) is 0 Å². The first kappa shape index (κ1) is 19.8. The molecule has 2 heterocycles. The molecule has 1 aromatic heterocycles. The fourth-order valence-corrected chi connectivity index (χ4v) is 3.06. The number of nitrogens with zero attached hydrogens (tertiary/aromatic N) is 3. The van der Waals surface area contributed by atoms with E-state index >= 15 is 0 Å². The van der Waals surface area contributed by atoms with Crippen LogP contribution in [0.2, 0.25) is 0 Å². The number of hydrogen-bond acceptors (Lipinski definition) is 3. The first-order valence-corrected chi connectivity index (χ1v) is 9.07. The Kier molecular flexibility index (Phi) is 6.93. The van der Waals surface area contributed by atoms with E-state index in [1.54, 1.807) is 11.8 Å². The fraction of sp³-hybridized carbons (Fsp3) is 0.778. The molecule has 0 bridgehead atoms. The van der Waals surface area contributed by atoms with Crippen molar-refractivity contribution in [3.8, 4) is 0 Å². The molecule has 2 rings (SSSR count). The van der Waals surface area contributed by atoms with E-state index in [4.69, 9.17) is 4.74 Å². The van der Waals surface area contributed by atoms with Gasteiger partial charge in [0, 0.05) is 18.8 Å². The van der Waals surface area contributed by atoms with E-state index in [1.165, 1.54) is 10.7 Å². The van der Waals surface area contributed by atoms with Crippen LogP contribution in [0.5, 0.6) is 0 Å². The minimum Gasteiger partial charge on any atom is -0.371 e. The maximum Gasteiger partial charge on any atom is 0.282 e. The molecule has 0 spiro atoms. The van der Waals surface area contributed by atoms with Crippen molar-refractivity contribution >= 4 is 5.91 Å². The van der Waals surface area contributed by atoms with Gasteiger partial charge in [0.05, 0.1) is 12.2 Å². The number of alkyl halides is 2. The van der Waals surface area contributed by atoms with Crippen LogP contribution in [0, 0.1) is 12.8 Å². The minimum absolute atomic E-state index is 0.00917. The summed E-state index contributed by atoms with van der Waals surface area (Å²) >= 11 is 0. The van der Waals surface area contributed by atoms with E-state index in [0.717, 1.165) is 19.3 Å². The summed E-state index contributed by atoms with van der Waals surface area (Å²) in [7, 11) is 0. The van der Waals surface area contributed by atoms with Gasteiger partial charge in [0.2, 0.25) is 5.91 Å². The number of amides is 1. The average Bonchev–Trinajstić information content (AvgIpc) is 2.93. The Morgan fingerprint density at radius 2 is 2.12 bits per heavy atom. The van der Waals surface area contributed by atoms with Crippen molar-refractivity contribution in [3.63, 3.8) is 0 Å². The number of ether oxygens (including phenoxy) is 1. The lowest BCUT2D eigenvalue weighted by Crippen LogP contribution is -2.52. The number of rotatable bonds is 7. The van der Waals surface area contributed by atoms with Crippen molar-refractivity contribution in [1.82, 2.24) is 14.7 Å². The van der Waals surface area contributed by atoms with Gasteiger partial charge < -0.3 is 9.64 Å². The molecular formula is C18H29F2N3O2. The second kappa shape index (κ2) is 8.74. The SMILES string of the molecule is CCCC[C@@H]1CN(C(=O)Cn2nc(C(F)F)cc2C)C[C@H](C(C)C)O1. The smallest absolute Gasteiger partial charge is 0.282 e. The van der Waals surface area contributed by atoms with Crippen molar-refractivity contribution in [3.05, 3.63) is 17.5 Å². The maximum atomic E-state index is 12.8. The zero-order chi connectivity index (χ0) is 18.6. The normalized spacial score (nSPS) is 21.4. The first-order chi connectivity index (χ1) is 11.8. The van der Waals surface area contributed by atoms with Crippen molar-refractivity contribution in [1.29, 1.82) is 0 Å². The molecule has 142 valence electrons. The summed E-state index contributed by atoms with van der Waals surface area (Å²) in [5.41, 5.74) is 0.285. The molecule has 1 fully saturated rings. The van der Waals surface area contributed by atoms with Crippen LogP contribution in [0.1, 0.15) is 57.8 Å². The highest BCUT2D eigenvalue weighted by molar-refractivity contribution is 5.76. The summed E-state index contributed by atoms with van der Waals surface area (Å²) in [4.78, 5) is 14.5. The van der Waals surface area contributed by atoms with Crippen LogP contribution in [-0.4, -0.2) is 45.9 Å². The average molecular weight is 357 g/mol. The van der Waals surface area contributed by atoms with E-state index in [2.05, 4.69) is 25.9 Å². The highest BCUT2D eigenvalue weighted by Crippen LogP contribution is 2.22. The van der Waals surface area contributed by atoms with Crippen LogP contribution in [0.15, 0.2) is 6.07 Å². The molecule has 1 aromatic rings. The lowest BCUT2D eigenvalue weighted by atomic mass is 10.0. The Balaban J connectivity index is 2.05. The molecular weight excluding hydrogens is 328 g/mol. The van der Waals surface area contributed by atoms with Crippen LogP contribution < -0.4 is 0 Å². The van der Waals surface area contributed by atoms with E-state index in [9.17, 15) is 13.6 Å². The number of carbonyl (C=O) groups is 1. The van der Waals surface area contributed by atoms with Crippen molar-refractivity contribution in [2.75, 3.05) is 13.1 Å². The topological polar surface area (TPSA) is 47.4 Å². The van der Waals surface area contributed by atoms with E-state index in [1.807, 2.05) is 0 Å². The molecule has 0 unspecified atom stereocenters. The van der Waals surface area contributed by atoms with Gasteiger partial charge in [-0.3, -0.25) is 9.48 Å². The summed E-state index contributed by atoms with van der Waals surface area (Å²) in [6, 6.07) is 1.33. The zero-order valence-electron chi connectivity index (χ0n) is 15.5. The molecule has 1 saturated heterocycles.